The average Bonchev–Trinajstić information content (AvgIpc) is 2.48. The number of hydrogen-bond acceptors (Lipinski definition) is 3. The van der Waals surface area contributed by atoms with Gasteiger partial charge in [0.15, 0.2) is 0 Å². The van der Waals surface area contributed by atoms with Crippen LogP contribution < -0.4 is 16.0 Å². The van der Waals surface area contributed by atoms with E-state index in [0.29, 0.717) is 16.6 Å². The highest BCUT2D eigenvalue weighted by Crippen LogP contribution is 2.22. The van der Waals surface area contributed by atoms with Gasteiger partial charge < -0.3 is 16.0 Å². The van der Waals surface area contributed by atoms with Gasteiger partial charge >= 0.3 is 0 Å². The smallest absolute Gasteiger partial charge is 0.243 e. The van der Waals surface area contributed by atoms with E-state index in [1.165, 1.54) is 0 Å². The molecular weight excluding hydrogens is 314 g/mol. The number of hydrogen-bond donors (Lipinski definition) is 3. The zero-order valence-electron chi connectivity index (χ0n) is 13.8. The number of halogens is 1. The van der Waals surface area contributed by atoms with Crippen LogP contribution in [-0.2, 0) is 9.59 Å². The lowest BCUT2D eigenvalue weighted by Crippen LogP contribution is -2.53. The molecule has 1 aromatic carbocycles. The van der Waals surface area contributed by atoms with Crippen LogP contribution in [0.4, 0.5) is 5.69 Å². The molecule has 3 atom stereocenters. The minimum absolute atomic E-state index is 0.0660. The van der Waals surface area contributed by atoms with Crippen molar-refractivity contribution in [3.63, 3.8) is 0 Å². The van der Waals surface area contributed by atoms with E-state index < -0.39 is 0 Å². The van der Waals surface area contributed by atoms with Crippen molar-refractivity contribution in [3.05, 3.63) is 28.8 Å². The quantitative estimate of drug-likeness (QED) is 0.789. The highest BCUT2D eigenvalue weighted by Gasteiger charge is 2.30. The number of piperidine rings is 1. The third-order valence-corrected chi connectivity index (χ3v) is 4.45. The first-order valence-corrected chi connectivity index (χ1v) is 8.31. The molecule has 2 amide bonds. The molecule has 0 aliphatic carbocycles. The summed E-state index contributed by atoms with van der Waals surface area (Å²) in [6.45, 7) is 6.91. The number of carbonyl (C=O) groups is 2. The van der Waals surface area contributed by atoms with Crippen molar-refractivity contribution in [3.8, 4) is 0 Å². The summed E-state index contributed by atoms with van der Waals surface area (Å²) in [5, 5.41) is 9.13. The van der Waals surface area contributed by atoms with Crippen LogP contribution in [0.15, 0.2) is 18.2 Å². The average molecular weight is 338 g/mol. The Morgan fingerprint density at radius 3 is 2.74 bits per heavy atom. The number of nitrogens with one attached hydrogen (secondary N) is 3. The Morgan fingerprint density at radius 2 is 2.09 bits per heavy atom. The maximum Gasteiger partial charge on any atom is 0.243 e. The van der Waals surface area contributed by atoms with Crippen LogP contribution in [0.5, 0.6) is 0 Å². The molecule has 3 unspecified atom stereocenters. The molecule has 2 rings (SSSR count). The van der Waals surface area contributed by atoms with E-state index in [2.05, 4.69) is 29.8 Å². The van der Waals surface area contributed by atoms with E-state index in [-0.39, 0.29) is 30.3 Å². The van der Waals surface area contributed by atoms with E-state index in [9.17, 15) is 9.59 Å². The first kappa shape index (κ1) is 17.8. The lowest BCUT2D eigenvalue weighted by atomic mass is 9.86. The van der Waals surface area contributed by atoms with Crippen LogP contribution in [0.2, 0.25) is 5.02 Å². The Labute approximate surface area is 142 Å². The summed E-state index contributed by atoms with van der Waals surface area (Å²) in [5.74, 6) is 0.407. The van der Waals surface area contributed by atoms with E-state index >= 15 is 0 Å². The molecule has 0 aromatic heterocycles. The SMILES string of the molecule is Cc1ccc(NC(=O)CNC(=O)C2NCC(C)CC2C)c(Cl)c1. The van der Waals surface area contributed by atoms with Gasteiger partial charge in [-0.3, -0.25) is 9.59 Å². The Hall–Kier alpha value is -1.59. The van der Waals surface area contributed by atoms with Crippen molar-refractivity contribution < 1.29 is 9.59 Å². The molecule has 0 spiro atoms. The molecule has 1 aliphatic rings. The first-order valence-electron chi connectivity index (χ1n) is 7.94. The third kappa shape index (κ3) is 4.94. The van der Waals surface area contributed by atoms with Crippen molar-refractivity contribution in [1.82, 2.24) is 10.6 Å². The van der Waals surface area contributed by atoms with Crippen LogP contribution in [0.25, 0.3) is 0 Å². The molecule has 1 aromatic rings. The highest BCUT2D eigenvalue weighted by molar-refractivity contribution is 6.33. The minimum atomic E-state index is -0.291. The molecule has 1 heterocycles. The predicted molar refractivity (Wildman–Crippen MR) is 92.6 cm³/mol. The first-order chi connectivity index (χ1) is 10.9. The lowest BCUT2D eigenvalue weighted by Gasteiger charge is -2.32. The van der Waals surface area contributed by atoms with E-state index in [0.717, 1.165) is 18.5 Å². The second kappa shape index (κ2) is 7.79. The molecule has 0 radical (unpaired) electrons. The largest absolute Gasteiger partial charge is 0.346 e. The molecule has 1 aliphatic heterocycles. The second-order valence-corrected chi connectivity index (χ2v) is 6.86. The maximum absolute atomic E-state index is 12.2. The molecule has 1 fully saturated rings. The number of benzene rings is 1. The number of carbonyl (C=O) groups excluding carboxylic acids is 2. The van der Waals surface area contributed by atoms with Gasteiger partial charge in [0.05, 0.1) is 23.3 Å². The Bertz CT molecular complexity index is 591. The molecule has 23 heavy (non-hydrogen) atoms. The van der Waals surface area contributed by atoms with E-state index in [1.807, 2.05) is 13.0 Å². The zero-order chi connectivity index (χ0) is 17.0. The van der Waals surface area contributed by atoms with Crippen molar-refractivity contribution in [2.24, 2.45) is 11.8 Å². The monoisotopic (exact) mass is 337 g/mol. The normalized spacial score (nSPS) is 24.1. The Balaban J connectivity index is 1.83. The highest BCUT2D eigenvalue weighted by atomic mass is 35.5. The summed E-state index contributed by atoms with van der Waals surface area (Å²) in [6, 6.07) is 5.17. The third-order valence-electron chi connectivity index (χ3n) is 4.13. The number of rotatable bonds is 4. The minimum Gasteiger partial charge on any atom is -0.346 e. The van der Waals surface area contributed by atoms with Gasteiger partial charge in [-0.25, -0.2) is 0 Å². The molecule has 1 saturated heterocycles. The summed E-state index contributed by atoms with van der Waals surface area (Å²) in [5.41, 5.74) is 1.57. The molecule has 0 bridgehead atoms. The molecular formula is C17H24ClN3O2. The molecule has 126 valence electrons. The van der Waals surface area contributed by atoms with Gasteiger partial charge in [0, 0.05) is 0 Å². The fraction of sp³-hybridized carbons (Fsp3) is 0.529. The summed E-state index contributed by atoms with van der Waals surface area (Å²) in [6.07, 6.45) is 1.01. The van der Waals surface area contributed by atoms with E-state index in [4.69, 9.17) is 11.6 Å². The lowest BCUT2D eigenvalue weighted by molar-refractivity contribution is -0.127. The molecule has 3 N–H and O–H groups in total. The van der Waals surface area contributed by atoms with Gasteiger partial charge in [-0.05, 0) is 49.4 Å². The summed E-state index contributed by atoms with van der Waals surface area (Å²) in [7, 11) is 0. The topological polar surface area (TPSA) is 70.2 Å². The Morgan fingerprint density at radius 1 is 1.35 bits per heavy atom. The van der Waals surface area contributed by atoms with Crippen LogP contribution in [0.3, 0.4) is 0 Å². The van der Waals surface area contributed by atoms with Gasteiger partial charge in [-0.15, -0.1) is 0 Å². The van der Waals surface area contributed by atoms with Gasteiger partial charge in [-0.2, -0.15) is 0 Å². The van der Waals surface area contributed by atoms with Crippen LogP contribution in [0.1, 0.15) is 25.8 Å². The van der Waals surface area contributed by atoms with Crippen molar-refractivity contribution in [2.45, 2.75) is 33.2 Å². The summed E-state index contributed by atoms with van der Waals surface area (Å²) in [4.78, 5) is 24.2. The van der Waals surface area contributed by atoms with Gasteiger partial charge in [0.2, 0.25) is 11.8 Å². The van der Waals surface area contributed by atoms with Gasteiger partial charge in [0.25, 0.3) is 0 Å². The van der Waals surface area contributed by atoms with Gasteiger partial charge in [-0.1, -0.05) is 31.5 Å². The molecule has 5 nitrogen and oxygen atoms in total. The standard InChI is InChI=1S/C17H24ClN3O2/c1-10-4-5-14(13(18)7-10)21-15(22)9-20-17(23)16-12(3)6-11(2)8-19-16/h4-5,7,11-12,16,19H,6,8-9H2,1-3H3,(H,20,23)(H,21,22). The van der Waals surface area contributed by atoms with Crippen LogP contribution >= 0.6 is 11.6 Å². The zero-order valence-corrected chi connectivity index (χ0v) is 14.5. The van der Waals surface area contributed by atoms with Crippen molar-refractivity contribution >= 4 is 29.1 Å². The maximum atomic E-state index is 12.2. The fourth-order valence-corrected chi connectivity index (χ4v) is 3.21. The van der Waals surface area contributed by atoms with Crippen LogP contribution in [0, 0.1) is 18.8 Å². The van der Waals surface area contributed by atoms with Gasteiger partial charge in [0.1, 0.15) is 0 Å². The van der Waals surface area contributed by atoms with E-state index in [1.54, 1.807) is 12.1 Å². The number of anilines is 1. The van der Waals surface area contributed by atoms with Crippen LogP contribution in [-0.4, -0.2) is 30.9 Å². The van der Waals surface area contributed by atoms with Crippen molar-refractivity contribution in [2.75, 3.05) is 18.4 Å². The summed E-state index contributed by atoms with van der Waals surface area (Å²) < 4.78 is 0. The predicted octanol–water partition coefficient (Wildman–Crippen LogP) is 2.34. The fourth-order valence-electron chi connectivity index (χ4n) is 2.93. The number of amides is 2. The summed E-state index contributed by atoms with van der Waals surface area (Å²) >= 11 is 6.08. The molecule has 6 heteroatoms. The Kier molecular flexibility index (Phi) is 6.02. The van der Waals surface area contributed by atoms with Crippen molar-refractivity contribution in [1.29, 1.82) is 0 Å². The molecule has 0 saturated carbocycles. The second-order valence-electron chi connectivity index (χ2n) is 6.45. The number of aryl methyl sites for hydroxylation is 1.